The summed E-state index contributed by atoms with van der Waals surface area (Å²) >= 11 is 0. The minimum absolute atomic E-state index is 0.0118. The second kappa shape index (κ2) is 9.43. The molecule has 0 aliphatic carbocycles. The Morgan fingerprint density at radius 3 is 2.47 bits per heavy atom. The van der Waals surface area contributed by atoms with Crippen LogP contribution in [0, 0.1) is 19.8 Å². The van der Waals surface area contributed by atoms with E-state index in [2.05, 4.69) is 17.4 Å². The van der Waals surface area contributed by atoms with Gasteiger partial charge in [-0.1, -0.05) is 35.4 Å². The van der Waals surface area contributed by atoms with Crippen molar-refractivity contribution in [1.82, 2.24) is 10.2 Å². The molecule has 1 atom stereocenters. The highest BCUT2D eigenvalue weighted by atomic mass is 16.5. The van der Waals surface area contributed by atoms with Crippen molar-refractivity contribution in [3.63, 3.8) is 0 Å². The van der Waals surface area contributed by atoms with Crippen LogP contribution in [0.15, 0.2) is 54.6 Å². The number of fused-ring (bicyclic) bond motifs is 1. The number of benzene rings is 3. The van der Waals surface area contributed by atoms with Crippen molar-refractivity contribution in [2.45, 2.75) is 33.2 Å². The number of ether oxygens (including phenoxy) is 1. The summed E-state index contributed by atoms with van der Waals surface area (Å²) in [6.45, 7) is 5.64. The SMILES string of the molecule is COc1ccc2cc(CNC(=O)C3CCCN(C(=O)c4cc(C)cc(C)c4)C3)ccc2c1. The zero-order chi connectivity index (χ0) is 22.7. The van der Waals surface area contributed by atoms with Crippen LogP contribution in [0.2, 0.25) is 0 Å². The van der Waals surface area contributed by atoms with E-state index in [-0.39, 0.29) is 17.7 Å². The van der Waals surface area contributed by atoms with Crippen molar-refractivity contribution >= 4 is 22.6 Å². The van der Waals surface area contributed by atoms with Gasteiger partial charge in [0.25, 0.3) is 5.91 Å². The number of aryl methyl sites for hydroxylation is 2. The minimum atomic E-state index is -0.177. The van der Waals surface area contributed by atoms with E-state index in [0.29, 0.717) is 25.2 Å². The lowest BCUT2D eigenvalue weighted by Gasteiger charge is -2.32. The van der Waals surface area contributed by atoms with E-state index in [0.717, 1.165) is 46.1 Å². The molecule has 0 radical (unpaired) electrons. The molecule has 0 spiro atoms. The molecule has 1 aliphatic heterocycles. The van der Waals surface area contributed by atoms with Crippen molar-refractivity contribution in [2.24, 2.45) is 5.92 Å². The molecule has 166 valence electrons. The van der Waals surface area contributed by atoms with E-state index in [1.165, 1.54) is 0 Å². The monoisotopic (exact) mass is 430 g/mol. The van der Waals surface area contributed by atoms with Crippen LogP contribution in [0.5, 0.6) is 5.75 Å². The normalized spacial score (nSPS) is 16.1. The number of amides is 2. The van der Waals surface area contributed by atoms with Gasteiger partial charge in [-0.25, -0.2) is 0 Å². The summed E-state index contributed by atoms with van der Waals surface area (Å²) in [6.07, 6.45) is 1.65. The fraction of sp³-hybridized carbons (Fsp3) is 0.333. The van der Waals surface area contributed by atoms with E-state index < -0.39 is 0 Å². The van der Waals surface area contributed by atoms with Gasteiger partial charge < -0.3 is 15.0 Å². The largest absolute Gasteiger partial charge is 0.497 e. The molecule has 0 saturated carbocycles. The molecule has 1 saturated heterocycles. The van der Waals surface area contributed by atoms with Gasteiger partial charge in [-0.05, 0) is 73.4 Å². The summed E-state index contributed by atoms with van der Waals surface area (Å²) in [4.78, 5) is 27.7. The van der Waals surface area contributed by atoms with Gasteiger partial charge in [0.1, 0.15) is 5.75 Å². The first kappa shape index (κ1) is 21.9. The number of piperidine rings is 1. The Hall–Kier alpha value is -3.34. The maximum atomic E-state index is 13.0. The highest BCUT2D eigenvalue weighted by Gasteiger charge is 2.29. The Labute approximate surface area is 189 Å². The predicted molar refractivity (Wildman–Crippen MR) is 127 cm³/mol. The maximum absolute atomic E-state index is 13.0. The zero-order valence-corrected chi connectivity index (χ0v) is 19.0. The molecule has 1 fully saturated rings. The highest BCUT2D eigenvalue weighted by molar-refractivity contribution is 5.95. The molecule has 1 N–H and O–H groups in total. The first-order valence-corrected chi connectivity index (χ1v) is 11.1. The first-order chi connectivity index (χ1) is 15.4. The summed E-state index contributed by atoms with van der Waals surface area (Å²) < 4.78 is 5.28. The van der Waals surface area contributed by atoms with Crippen LogP contribution >= 0.6 is 0 Å². The standard InChI is InChI=1S/C27H30N2O3/c1-18-11-19(2)13-24(12-18)27(31)29-10-4-5-23(17-29)26(30)28-16-20-6-7-22-15-25(32-3)9-8-21(22)14-20/h6-9,11-15,23H,4-5,10,16-17H2,1-3H3,(H,28,30). The number of carbonyl (C=O) groups excluding carboxylic acids is 2. The number of hydrogen-bond donors (Lipinski definition) is 1. The summed E-state index contributed by atoms with van der Waals surface area (Å²) in [7, 11) is 1.66. The Kier molecular flexibility index (Phi) is 6.45. The van der Waals surface area contributed by atoms with E-state index in [1.54, 1.807) is 7.11 Å². The van der Waals surface area contributed by atoms with Crippen LogP contribution in [0.25, 0.3) is 10.8 Å². The van der Waals surface area contributed by atoms with Crippen molar-refractivity contribution in [2.75, 3.05) is 20.2 Å². The van der Waals surface area contributed by atoms with Gasteiger partial charge in [0.15, 0.2) is 0 Å². The van der Waals surface area contributed by atoms with Gasteiger partial charge in [-0.15, -0.1) is 0 Å². The second-order valence-electron chi connectivity index (χ2n) is 8.73. The number of hydrogen-bond acceptors (Lipinski definition) is 3. The maximum Gasteiger partial charge on any atom is 0.253 e. The van der Waals surface area contributed by atoms with Gasteiger partial charge in [0.2, 0.25) is 5.91 Å². The van der Waals surface area contributed by atoms with Crippen molar-refractivity contribution in [3.05, 3.63) is 76.9 Å². The molecule has 3 aromatic carbocycles. The molecule has 2 amide bonds. The number of rotatable bonds is 5. The van der Waals surface area contributed by atoms with E-state index in [4.69, 9.17) is 4.74 Å². The molecule has 3 aromatic rings. The lowest BCUT2D eigenvalue weighted by molar-refractivity contribution is -0.126. The fourth-order valence-corrected chi connectivity index (χ4v) is 4.50. The van der Waals surface area contributed by atoms with Gasteiger partial charge in [0.05, 0.1) is 13.0 Å². The molecule has 32 heavy (non-hydrogen) atoms. The van der Waals surface area contributed by atoms with E-state index in [9.17, 15) is 9.59 Å². The minimum Gasteiger partial charge on any atom is -0.497 e. The van der Waals surface area contributed by atoms with Crippen LogP contribution in [-0.2, 0) is 11.3 Å². The Morgan fingerprint density at radius 2 is 1.72 bits per heavy atom. The molecule has 1 unspecified atom stereocenters. The quantitative estimate of drug-likeness (QED) is 0.642. The molecule has 4 rings (SSSR count). The van der Waals surface area contributed by atoms with Crippen LogP contribution < -0.4 is 10.1 Å². The van der Waals surface area contributed by atoms with Crippen LogP contribution in [-0.4, -0.2) is 36.9 Å². The average molecular weight is 431 g/mol. The van der Waals surface area contributed by atoms with Crippen LogP contribution in [0.4, 0.5) is 0 Å². The van der Waals surface area contributed by atoms with E-state index in [1.807, 2.05) is 61.2 Å². The molecule has 5 heteroatoms. The van der Waals surface area contributed by atoms with Crippen LogP contribution in [0.1, 0.15) is 39.9 Å². The summed E-state index contributed by atoms with van der Waals surface area (Å²) in [6, 6.07) is 18.0. The van der Waals surface area contributed by atoms with Crippen molar-refractivity contribution in [1.29, 1.82) is 0 Å². The molecular weight excluding hydrogens is 400 g/mol. The van der Waals surface area contributed by atoms with Gasteiger partial charge in [-0.3, -0.25) is 9.59 Å². The fourth-order valence-electron chi connectivity index (χ4n) is 4.50. The summed E-state index contributed by atoms with van der Waals surface area (Å²) in [5.74, 6) is 0.677. The Balaban J connectivity index is 1.38. The molecule has 1 heterocycles. The summed E-state index contributed by atoms with van der Waals surface area (Å²) in [5, 5.41) is 5.29. The average Bonchev–Trinajstić information content (AvgIpc) is 2.81. The third-order valence-electron chi connectivity index (χ3n) is 6.13. The van der Waals surface area contributed by atoms with Crippen molar-refractivity contribution in [3.8, 4) is 5.75 Å². The Morgan fingerprint density at radius 1 is 1.00 bits per heavy atom. The van der Waals surface area contributed by atoms with Crippen LogP contribution in [0.3, 0.4) is 0 Å². The van der Waals surface area contributed by atoms with Gasteiger partial charge in [0, 0.05) is 25.2 Å². The predicted octanol–water partition coefficient (Wildman–Crippen LogP) is 4.63. The number of carbonyl (C=O) groups is 2. The molecule has 5 nitrogen and oxygen atoms in total. The Bertz CT molecular complexity index is 1130. The second-order valence-corrected chi connectivity index (χ2v) is 8.73. The third kappa shape index (κ3) is 4.93. The van der Waals surface area contributed by atoms with Gasteiger partial charge >= 0.3 is 0 Å². The van der Waals surface area contributed by atoms with E-state index >= 15 is 0 Å². The van der Waals surface area contributed by atoms with Crippen molar-refractivity contribution < 1.29 is 14.3 Å². The zero-order valence-electron chi connectivity index (χ0n) is 19.0. The molecule has 0 aromatic heterocycles. The van der Waals surface area contributed by atoms with Gasteiger partial charge in [-0.2, -0.15) is 0 Å². The third-order valence-corrected chi connectivity index (χ3v) is 6.13. The first-order valence-electron chi connectivity index (χ1n) is 11.1. The topological polar surface area (TPSA) is 58.6 Å². The lowest BCUT2D eigenvalue weighted by atomic mass is 9.96. The lowest BCUT2D eigenvalue weighted by Crippen LogP contribution is -2.45. The highest BCUT2D eigenvalue weighted by Crippen LogP contribution is 2.23. The molecular formula is C27H30N2O3. The molecule has 1 aliphatic rings. The number of methoxy groups -OCH3 is 1. The molecule has 0 bridgehead atoms. The number of nitrogens with zero attached hydrogens (tertiary/aromatic N) is 1. The smallest absolute Gasteiger partial charge is 0.253 e. The number of nitrogens with one attached hydrogen (secondary N) is 1. The summed E-state index contributed by atoms with van der Waals surface area (Å²) in [5.41, 5.74) is 3.91. The number of likely N-dealkylation sites (tertiary alicyclic amines) is 1.